The molecule has 0 heterocycles. The second-order valence-electron chi connectivity index (χ2n) is 6.91. The van der Waals surface area contributed by atoms with Crippen LogP contribution in [0.1, 0.15) is 24.0 Å². The van der Waals surface area contributed by atoms with Gasteiger partial charge in [0.1, 0.15) is 0 Å². The summed E-state index contributed by atoms with van der Waals surface area (Å²) in [7, 11) is -7.68. The maximum Gasteiger partial charge on any atom is 0.240 e. The third-order valence-electron chi connectivity index (χ3n) is 4.76. The molecule has 0 aliphatic heterocycles. The Balaban J connectivity index is 1.89. The Morgan fingerprint density at radius 2 is 1.38 bits per heavy atom. The van der Waals surface area contributed by atoms with Crippen molar-refractivity contribution in [3.63, 3.8) is 0 Å². The summed E-state index contributed by atoms with van der Waals surface area (Å²) in [4.78, 5) is 0.0402. The van der Waals surface area contributed by atoms with Gasteiger partial charge in [0.2, 0.25) is 19.9 Å². The van der Waals surface area contributed by atoms with Crippen LogP contribution in [0, 0.1) is 6.92 Å². The zero-order valence-electron chi connectivity index (χ0n) is 16.2. The zero-order valence-corrected chi connectivity index (χ0v) is 17.9. The molecule has 1 N–H and O–H groups in total. The first kappa shape index (κ1) is 21.2. The Hall–Kier alpha value is -2.48. The van der Waals surface area contributed by atoms with Crippen molar-refractivity contribution in [2.45, 2.75) is 34.5 Å². The van der Waals surface area contributed by atoms with E-state index < -0.39 is 19.9 Å². The third kappa shape index (κ3) is 4.75. The Morgan fingerprint density at radius 1 is 0.793 bits per heavy atom. The average molecular weight is 430 g/mol. The number of sulfonamides is 1. The molecule has 0 amide bonds. The second-order valence-corrected chi connectivity index (χ2v) is 10.6. The van der Waals surface area contributed by atoms with E-state index in [2.05, 4.69) is 4.72 Å². The van der Waals surface area contributed by atoms with E-state index in [1.165, 1.54) is 30.3 Å². The van der Waals surface area contributed by atoms with E-state index in [0.717, 1.165) is 5.56 Å². The lowest BCUT2D eigenvalue weighted by Gasteiger charge is -2.15. The van der Waals surface area contributed by atoms with Crippen molar-refractivity contribution in [1.82, 2.24) is 4.72 Å². The highest BCUT2D eigenvalue weighted by atomic mass is 32.2. The highest BCUT2D eigenvalue weighted by molar-refractivity contribution is 7.91. The number of hydrogen-bond donors (Lipinski definition) is 1. The molecule has 7 heteroatoms. The van der Waals surface area contributed by atoms with E-state index in [1.807, 2.05) is 37.3 Å². The Kier molecular flexibility index (Phi) is 6.21. The fourth-order valence-corrected chi connectivity index (χ4v) is 5.77. The van der Waals surface area contributed by atoms with Crippen molar-refractivity contribution in [1.29, 1.82) is 0 Å². The van der Waals surface area contributed by atoms with Gasteiger partial charge in [0.15, 0.2) is 0 Å². The van der Waals surface area contributed by atoms with Gasteiger partial charge >= 0.3 is 0 Å². The Bertz CT molecular complexity index is 1190. The SMILES string of the molecule is Cc1ccc(S(=O)(=O)c2ccccc2)cc1S(=O)(=O)NC[C@H](C)c1ccccc1. The first-order valence-corrected chi connectivity index (χ1v) is 12.1. The zero-order chi connectivity index (χ0) is 21.1. The smallest absolute Gasteiger partial charge is 0.219 e. The molecule has 3 aromatic carbocycles. The fraction of sp³-hybridized carbons (Fsp3) is 0.182. The minimum absolute atomic E-state index is 0.0254. The van der Waals surface area contributed by atoms with Crippen LogP contribution >= 0.6 is 0 Å². The van der Waals surface area contributed by atoms with Crippen LogP contribution in [0.4, 0.5) is 0 Å². The number of hydrogen-bond acceptors (Lipinski definition) is 4. The van der Waals surface area contributed by atoms with Crippen LogP contribution in [0.25, 0.3) is 0 Å². The van der Waals surface area contributed by atoms with E-state index in [-0.39, 0.29) is 27.1 Å². The normalized spacial score (nSPS) is 13.2. The maximum atomic E-state index is 12.9. The van der Waals surface area contributed by atoms with Gasteiger partial charge < -0.3 is 0 Å². The van der Waals surface area contributed by atoms with Crippen LogP contribution in [-0.4, -0.2) is 23.4 Å². The number of nitrogens with one attached hydrogen (secondary N) is 1. The summed E-state index contributed by atoms with van der Waals surface area (Å²) in [6.45, 7) is 3.79. The Labute approximate surface area is 172 Å². The molecule has 0 unspecified atom stereocenters. The van der Waals surface area contributed by atoms with Crippen LogP contribution in [0.2, 0.25) is 0 Å². The van der Waals surface area contributed by atoms with E-state index in [1.54, 1.807) is 25.1 Å². The van der Waals surface area contributed by atoms with Crippen molar-refractivity contribution in [2.75, 3.05) is 6.54 Å². The maximum absolute atomic E-state index is 12.9. The molecule has 0 aromatic heterocycles. The highest BCUT2D eigenvalue weighted by Gasteiger charge is 2.23. The van der Waals surface area contributed by atoms with Crippen LogP contribution in [0.5, 0.6) is 0 Å². The van der Waals surface area contributed by atoms with E-state index >= 15 is 0 Å². The molecule has 0 fully saturated rings. The lowest BCUT2D eigenvalue weighted by molar-refractivity contribution is 0.574. The van der Waals surface area contributed by atoms with Gasteiger partial charge in [-0.25, -0.2) is 21.6 Å². The van der Waals surface area contributed by atoms with Crippen molar-refractivity contribution >= 4 is 19.9 Å². The van der Waals surface area contributed by atoms with Gasteiger partial charge in [0, 0.05) is 6.54 Å². The van der Waals surface area contributed by atoms with Crippen LogP contribution in [0.3, 0.4) is 0 Å². The lowest BCUT2D eigenvalue weighted by atomic mass is 10.0. The topological polar surface area (TPSA) is 80.3 Å². The van der Waals surface area contributed by atoms with E-state index in [0.29, 0.717) is 5.56 Å². The summed E-state index contributed by atoms with van der Waals surface area (Å²) < 4.78 is 54.1. The third-order valence-corrected chi connectivity index (χ3v) is 8.09. The second kappa shape index (κ2) is 8.49. The molecule has 3 rings (SSSR count). The van der Waals surface area contributed by atoms with Crippen LogP contribution in [-0.2, 0) is 19.9 Å². The number of sulfone groups is 1. The number of benzene rings is 3. The fourth-order valence-electron chi connectivity index (χ4n) is 2.98. The molecule has 0 bridgehead atoms. The molecule has 0 spiro atoms. The largest absolute Gasteiger partial charge is 0.240 e. The first-order valence-electron chi connectivity index (χ1n) is 9.17. The molecule has 0 aliphatic carbocycles. The van der Waals surface area contributed by atoms with Crippen LogP contribution in [0.15, 0.2) is 93.5 Å². The van der Waals surface area contributed by atoms with E-state index in [4.69, 9.17) is 0 Å². The molecular weight excluding hydrogens is 406 g/mol. The molecule has 0 saturated carbocycles. The predicted octanol–water partition coefficient (Wildman–Crippen LogP) is 3.91. The highest BCUT2D eigenvalue weighted by Crippen LogP contribution is 2.25. The summed E-state index contributed by atoms with van der Waals surface area (Å²) in [5.74, 6) is -0.0254. The molecule has 3 aromatic rings. The van der Waals surface area contributed by atoms with Gasteiger partial charge in [-0.2, -0.15) is 0 Å². The molecule has 29 heavy (non-hydrogen) atoms. The van der Waals surface area contributed by atoms with Gasteiger partial charge in [-0.15, -0.1) is 0 Å². The molecule has 0 aliphatic rings. The van der Waals surface area contributed by atoms with Gasteiger partial charge in [-0.1, -0.05) is 61.5 Å². The van der Waals surface area contributed by atoms with Crippen molar-refractivity contribution < 1.29 is 16.8 Å². The molecular formula is C22H23NO4S2. The van der Waals surface area contributed by atoms with Crippen molar-refractivity contribution in [3.05, 3.63) is 90.0 Å². The summed E-state index contributed by atoms with van der Waals surface area (Å²) >= 11 is 0. The summed E-state index contributed by atoms with van der Waals surface area (Å²) in [6, 6.07) is 21.7. The number of aryl methyl sites for hydroxylation is 1. The Morgan fingerprint density at radius 3 is 2.00 bits per heavy atom. The average Bonchev–Trinajstić information content (AvgIpc) is 2.73. The minimum Gasteiger partial charge on any atom is -0.219 e. The molecule has 0 radical (unpaired) electrons. The lowest BCUT2D eigenvalue weighted by Crippen LogP contribution is -2.28. The van der Waals surface area contributed by atoms with Crippen LogP contribution < -0.4 is 4.72 Å². The number of rotatable bonds is 7. The standard InChI is InChI=1S/C22H23NO4S2/c1-17-13-14-21(28(24,25)20-11-7-4-8-12-20)15-22(17)29(26,27)23-16-18(2)19-9-5-3-6-10-19/h3-15,18,23H,16H2,1-2H3/t18-/m0/s1. The van der Waals surface area contributed by atoms with Gasteiger partial charge in [0.05, 0.1) is 14.7 Å². The summed E-state index contributed by atoms with van der Waals surface area (Å²) in [5, 5.41) is 0. The molecule has 1 atom stereocenters. The minimum atomic E-state index is -3.87. The van der Waals surface area contributed by atoms with Crippen molar-refractivity contribution in [2.24, 2.45) is 0 Å². The van der Waals surface area contributed by atoms with Gasteiger partial charge in [-0.3, -0.25) is 0 Å². The first-order chi connectivity index (χ1) is 13.7. The summed E-state index contributed by atoms with van der Waals surface area (Å²) in [6.07, 6.45) is 0. The summed E-state index contributed by atoms with van der Waals surface area (Å²) in [5.41, 5.74) is 1.50. The van der Waals surface area contributed by atoms with Gasteiger partial charge in [0.25, 0.3) is 0 Å². The van der Waals surface area contributed by atoms with E-state index in [9.17, 15) is 16.8 Å². The monoisotopic (exact) mass is 429 g/mol. The molecule has 5 nitrogen and oxygen atoms in total. The molecule has 0 saturated heterocycles. The quantitative estimate of drug-likeness (QED) is 0.617. The van der Waals surface area contributed by atoms with Gasteiger partial charge in [-0.05, 0) is 48.2 Å². The van der Waals surface area contributed by atoms with Crippen molar-refractivity contribution in [3.8, 4) is 0 Å². The molecule has 152 valence electrons. The predicted molar refractivity (Wildman–Crippen MR) is 113 cm³/mol.